The molecule has 0 aliphatic heterocycles. The Bertz CT molecular complexity index is 717. The zero-order valence-electron chi connectivity index (χ0n) is 11.0. The topological polar surface area (TPSA) is 101 Å². The lowest BCUT2D eigenvalue weighted by Gasteiger charge is -2.09. The van der Waals surface area contributed by atoms with Gasteiger partial charge in [0.2, 0.25) is 11.9 Å². The summed E-state index contributed by atoms with van der Waals surface area (Å²) in [4.78, 5) is 29.1. The van der Waals surface area contributed by atoms with E-state index < -0.39 is 34.8 Å². The maximum atomic E-state index is 13.6. The summed E-state index contributed by atoms with van der Waals surface area (Å²) in [6.45, 7) is 0. The van der Waals surface area contributed by atoms with E-state index in [4.69, 9.17) is 5.73 Å². The minimum atomic E-state index is -1.79. The summed E-state index contributed by atoms with van der Waals surface area (Å²) in [5.41, 5.74) is 3.92. The molecule has 0 saturated heterocycles. The van der Waals surface area contributed by atoms with Crippen LogP contribution in [0.1, 0.15) is 15.9 Å². The van der Waals surface area contributed by atoms with Gasteiger partial charge in [-0.05, 0) is 18.1 Å². The molecule has 22 heavy (non-hydrogen) atoms. The van der Waals surface area contributed by atoms with E-state index in [2.05, 4.69) is 15.3 Å². The van der Waals surface area contributed by atoms with Crippen LogP contribution in [0.2, 0.25) is 0 Å². The van der Waals surface area contributed by atoms with Gasteiger partial charge in [0, 0.05) is 12.4 Å². The smallest absolute Gasteiger partial charge is 0.252 e. The van der Waals surface area contributed by atoms with Crippen LogP contribution >= 0.6 is 0 Å². The first-order valence-electron chi connectivity index (χ1n) is 6.00. The molecule has 0 bridgehead atoms. The molecule has 6 nitrogen and oxygen atoms in total. The van der Waals surface area contributed by atoms with E-state index in [0.29, 0.717) is 6.07 Å². The van der Waals surface area contributed by atoms with Gasteiger partial charge >= 0.3 is 0 Å². The maximum absolute atomic E-state index is 13.6. The quantitative estimate of drug-likeness (QED) is 0.726. The van der Waals surface area contributed by atoms with Crippen LogP contribution in [0.5, 0.6) is 0 Å². The number of primary amides is 1. The summed E-state index contributed by atoms with van der Waals surface area (Å²) >= 11 is 0. The lowest BCUT2D eigenvalue weighted by Crippen LogP contribution is -2.20. The van der Waals surface area contributed by atoms with E-state index in [1.54, 1.807) is 0 Å². The Morgan fingerprint density at radius 1 is 1.32 bits per heavy atom. The number of amides is 2. The molecule has 0 spiro atoms. The van der Waals surface area contributed by atoms with Gasteiger partial charge < -0.3 is 10.7 Å². The number of carbonyl (C=O) groups is 2. The van der Waals surface area contributed by atoms with Crippen molar-refractivity contribution in [3.05, 3.63) is 53.5 Å². The highest BCUT2D eigenvalue weighted by Gasteiger charge is 2.22. The molecule has 4 N–H and O–H groups in total. The van der Waals surface area contributed by atoms with Gasteiger partial charge in [-0.3, -0.25) is 14.9 Å². The molecule has 1 aromatic heterocycles. The number of benzene rings is 1. The van der Waals surface area contributed by atoms with E-state index in [1.165, 1.54) is 12.4 Å². The molecule has 1 radical (unpaired) electrons. The van der Waals surface area contributed by atoms with Gasteiger partial charge in [-0.1, -0.05) is 0 Å². The highest BCUT2D eigenvalue weighted by molar-refractivity contribution is 5.97. The van der Waals surface area contributed by atoms with Crippen LogP contribution in [0.4, 0.5) is 19.1 Å². The Kier molecular flexibility index (Phi) is 4.44. The first-order chi connectivity index (χ1) is 10.4. The van der Waals surface area contributed by atoms with Crippen LogP contribution in [-0.2, 0) is 11.2 Å². The number of nitrogens with zero attached hydrogens (tertiary/aromatic N) is 1. The Hall–Kier alpha value is -2.84. The normalized spacial score (nSPS) is 10.5. The number of nitrogens with two attached hydrogens (primary N) is 1. The molecule has 0 aliphatic rings. The molecular weight excluding hydrogens is 301 g/mol. The predicted octanol–water partition coefficient (Wildman–Crippen LogP) is 1.31. The minimum Gasteiger partial charge on any atom is -0.365 e. The SMILES string of the molecule is NC(=O)c1c(C[CH]C(=O)Nc2ncc[nH]2)cc(F)c(F)c1F. The first-order valence-corrected chi connectivity index (χ1v) is 6.00. The third-order valence-corrected chi connectivity index (χ3v) is 2.74. The maximum Gasteiger partial charge on any atom is 0.252 e. The van der Waals surface area contributed by atoms with Crippen LogP contribution in [0.3, 0.4) is 0 Å². The number of H-pyrrole nitrogens is 1. The average molecular weight is 311 g/mol. The number of nitrogens with one attached hydrogen (secondary N) is 2. The standard InChI is InChI=1S/C13H10F3N4O2/c14-7-5-6(9(12(17)22)11(16)10(7)15)1-2-8(21)20-13-18-3-4-19-13/h2-5H,1H2,(H2,17,22)(H2,18,19,20,21). The monoisotopic (exact) mass is 311 g/mol. The summed E-state index contributed by atoms with van der Waals surface area (Å²) in [6.07, 6.45) is 3.58. The number of halogens is 3. The van der Waals surface area contributed by atoms with Crippen LogP contribution in [0, 0.1) is 23.9 Å². The zero-order valence-corrected chi connectivity index (χ0v) is 11.0. The van der Waals surface area contributed by atoms with E-state index in [-0.39, 0.29) is 17.9 Å². The Morgan fingerprint density at radius 2 is 2.05 bits per heavy atom. The highest BCUT2D eigenvalue weighted by atomic mass is 19.2. The second-order valence-corrected chi connectivity index (χ2v) is 4.22. The van der Waals surface area contributed by atoms with E-state index in [9.17, 15) is 22.8 Å². The predicted molar refractivity (Wildman–Crippen MR) is 70.1 cm³/mol. The van der Waals surface area contributed by atoms with Gasteiger partial charge in [0.25, 0.3) is 5.91 Å². The molecule has 1 heterocycles. The number of anilines is 1. The molecule has 2 rings (SSSR count). The number of rotatable bonds is 5. The highest BCUT2D eigenvalue weighted by Crippen LogP contribution is 2.21. The number of hydrogen-bond acceptors (Lipinski definition) is 3. The van der Waals surface area contributed by atoms with E-state index in [1.807, 2.05) is 0 Å². The van der Waals surface area contributed by atoms with Crippen molar-refractivity contribution in [3.8, 4) is 0 Å². The molecule has 1 aromatic carbocycles. The lowest BCUT2D eigenvalue weighted by atomic mass is 10.0. The second-order valence-electron chi connectivity index (χ2n) is 4.22. The van der Waals surface area contributed by atoms with Crippen molar-refractivity contribution in [2.24, 2.45) is 5.73 Å². The molecular formula is C13H10F3N4O2. The molecule has 9 heteroatoms. The number of aromatic nitrogens is 2. The van der Waals surface area contributed by atoms with Crippen LogP contribution in [-0.4, -0.2) is 21.8 Å². The number of hydrogen-bond donors (Lipinski definition) is 3. The molecule has 0 saturated carbocycles. The first kappa shape index (κ1) is 15.5. The fourth-order valence-electron chi connectivity index (χ4n) is 1.78. The summed E-state index contributed by atoms with van der Waals surface area (Å²) < 4.78 is 39.9. The van der Waals surface area contributed by atoms with E-state index >= 15 is 0 Å². The summed E-state index contributed by atoms with van der Waals surface area (Å²) in [5.74, 6) is -6.66. The van der Waals surface area contributed by atoms with Crippen LogP contribution in [0.25, 0.3) is 0 Å². The summed E-state index contributed by atoms with van der Waals surface area (Å²) in [5, 5.41) is 2.34. The van der Waals surface area contributed by atoms with Crippen molar-refractivity contribution in [2.45, 2.75) is 6.42 Å². The second kappa shape index (κ2) is 6.29. The number of carbonyl (C=O) groups excluding carboxylic acids is 2. The van der Waals surface area contributed by atoms with Crippen LogP contribution < -0.4 is 11.1 Å². The van der Waals surface area contributed by atoms with Gasteiger partial charge in [-0.15, -0.1) is 0 Å². The fraction of sp³-hybridized carbons (Fsp3) is 0.0769. The number of aromatic amines is 1. The number of imidazole rings is 1. The van der Waals surface area contributed by atoms with Crippen LogP contribution in [0.15, 0.2) is 18.5 Å². The van der Waals surface area contributed by atoms with Gasteiger partial charge in [0.15, 0.2) is 17.5 Å². The minimum absolute atomic E-state index is 0.174. The van der Waals surface area contributed by atoms with Gasteiger partial charge in [0.1, 0.15) is 0 Å². The average Bonchev–Trinajstić information content (AvgIpc) is 2.94. The molecule has 2 aromatic rings. The Morgan fingerprint density at radius 3 is 2.64 bits per heavy atom. The van der Waals surface area contributed by atoms with Gasteiger partial charge in [0.05, 0.1) is 12.0 Å². The lowest BCUT2D eigenvalue weighted by molar-refractivity contribution is -0.113. The molecule has 115 valence electrons. The largest absolute Gasteiger partial charge is 0.365 e. The molecule has 0 aliphatic carbocycles. The van der Waals surface area contributed by atoms with Crippen molar-refractivity contribution < 1.29 is 22.8 Å². The molecule has 0 atom stereocenters. The zero-order chi connectivity index (χ0) is 16.3. The summed E-state index contributed by atoms with van der Waals surface area (Å²) in [7, 11) is 0. The molecule has 0 unspecified atom stereocenters. The summed E-state index contributed by atoms with van der Waals surface area (Å²) in [6, 6.07) is 0.620. The Labute approximate surface area is 122 Å². The molecule has 0 fully saturated rings. The van der Waals surface area contributed by atoms with Gasteiger partial charge in [-0.2, -0.15) is 0 Å². The van der Waals surface area contributed by atoms with Crippen molar-refractivity contribution in [2.75, 3.05) is 5.32 Å². The third kappa shape index (κ3) is 3.25. The van der Waals surface area contributed by atoms with Crippen molar-refractivity contribution in [1.82, 2.24) is 9.97 Å². The Balaban J connectivity index is 2.15. The van der Waals surface area contributed by atoms with Gasteiger partial charge in [-0.25, -0.2) is 18.2 Å². The van der Waals surface area contributed by atoms with Crippen molar-refractivity contribution in [3.63, 3.8) is 0 Å². The fourth-order valence-corrected chi connectivity index (χ4v) is 1.78. The van der Waals surface area contributed by atoms with Crippen molar-refractivity contribution >= 4 is 17.8 Å². The molecule has 2 amide bonds. The third-order valence-electron chi connectivity index (χ3n) is 2.74. The van der Waals surface area contributed by atoms with Crippen molar-refractivity contribution in [1.29, 1.82) is 0 Å². The van der Waals surface area contributed by atoms with E-state index in [0.717, 1.165) is 6.42 Å².